The quantitative estimate of drug-likeness (QED) is 0.640. The van der Waals surface area contributed by atoms with Gasteiger partial charge in [0.05, 0.1) is 5.56 Å². The third kappa shape index (κ3) is 4.44. The summed E-state index contributed by atoms with van der Waals surface area (Å²) in [6.45, 7) is 8.17. The Labute approximate surface area is 141 Å². The van der Waals surface area contributed by atoms with E-state index in [0.29, 0.717) is 31.5 Å². The first-order chi connectivity index (χ1) is 11.4. The SMILES string of the molecule is C=C(C)CN(CC)C(=O)COC(=O)c1ccc2c(c1)CCC(=O)N2. The molecule has 0 aliphatic carbocycles. The molecule has 1 heterocycles. The van der Waals surface area contributed by atoms with Crippen molar-refractivity contribution in [3.63, 3.8) is 0 Å². The van der Waals surface area contributed by atoms with Crippen molar-refractivity contribution in [3.8, 4) is 0 Å². The fourth-order valence-corrected chi connectivity index (χ4v) is 2.51. The lowest BCUT2D eigenvalue weighted by Crippen LogP contribution is -2.35. The smallest absolute Gasteiger partial charge is 0.338 e. The molecule has 0 atom stereocenters. The number of fused-ring (bicyclic) bond motifs is 1. The average molecular weight is 330 g/mol. The molecule has 1 aliphatic heterocycles. The molecule has 128 valence electrons. The normalized spacial score (nSPS) is 12.8. The second-order valence-corrected chi connectivity index (χ2v) is 5.86. The number of carbonyl (C=O) groups excluding carboxylic acids is 3. The van der Waals surface area contributed by atoms with Crippen LogP contribution in [0.15, 0.2) is 30.4 Å². The molecule has 0 aromatic heterocycles. The van der Waals surface area contributed by atoms with Gasteiger partial charge < -0.3 is 15.0 Å². The van der Waals surface area contributed by atoms with Crippen LogP contribution >= 0.6 is 0 Å². The second-order valence-electron chi connectivity index (χ2n) is 5.86. The number of likely N-dealkylation sites (N-methyl/N-ethyl adjacent to an activating group) is 1. The summed E-state index contributed by atoms with van der Waals surface area (Å²) in [5, 5.41) is 2.76. The highest BCUT2D eigenvalue weighted by atomic mass is 16.5. The van der Waals surface area contributed by atoms with Crippen LogP contribution in [0.3, 0.4) is 0 Å². The van der Waals surface area contributed by atoms with Gasteiger partial charge in [-0.3, -0.25) is 9.59 Å². The van der Waals surface area contributed by atoms with Crippen molar-refractivity contribution >= 4 is 23.5 Å². The molecule has 0 saturated heterocycles. The molecule has 1 aliphatic rings. The number of benzene rings is 1. The van der Waals surface area contributed by atoms with Crippen molar-refractivity contribution in [3.05, 3.63) is 41.5 Å². The van der Waals surface area contributed by atoms with E-state index in [4.69, 9.17) is 4.74 Å². The van der Waals surface area contributed by atoms with E-state index in [1.54, 1.807) is 23.1 Å². The third-order valence-corrected chi connectivity index (χ3v) is 3.76. The van der Waals surface area contributed by atoms with E-state index in [-0.39, 0.29) is 18.4 Å². The minimum Gasteiger partial charge on any atom is -0.452 e. The van der Waals surface area contributed by atoms with Crippen molar-refractivity contribution in [2.45, 2.75) is 26.7 Å². The highest BCUT2D eigenvalue weighted by molar-refractivity contribution is 5.96. The van der Waals surface area contributed by atoms with Gasteiger partial charge >= 0.3 is 5.97 Å². The maximum atomic E-state index is 12.1. The molecule has 1 aromatic carbocycles. The number of anilines is 1. The molecule has 0 fully saturated rings. The number of esters is 1. The lowest BCUT2D eigenvalue weighted by atomic mass is 10.0. The van der Waals surface area contributed by atoms with Crippen LogP contribution in [-0.2, 0) is 20.7 Å². The monoisotopic (exact) mass is 330 g/mol. The summed E-state index contributed by atoms with van der Waals surface area (Å²) in [5.41, 5.74) is 2.86. The van der Waals surface area contributed by atoms with Crippen LogP contribution in [-0.4, -0.2) is 42.4 Å². The van der Waals surface area contributed by atoms with Crippen molar-refractivity contribution < 1.29 is 19.1 Å². The largest absolute Gasteiger partial charge is 0.452 e. The molecular formula is C18H22N2O4. The lowest BCUT2D eigenvalue weighted by molar-refractivity contribution is -0.133. The predicted molar refractivity (Wildman–Crippen MR) is 90.7 cm³/mol. The van der Waals surface area contributed by atoms with E-state index >= 15 is 0 Å². The zero-order chi connectivity index (χ0) is 17.7. The van der Waals surface area contributed by atoms with E-state index in [2.05, 4.69) is 11.9 Å². The van der Waals surface area contributed by atoms with Gasteiger partial charge in [-0.05, 0) is 44.0 Å². The molecule has 2 rings (SSSR count). The predicted octanol–water partition coefficient (Wildman–Crippen LogP) is 2.15. The highest BCUT2D eigenvalue weighted by Crippen LogP contribution is 2.23. The van der Waals surface area contributed by atoms with Crippen molar-refractivity contribution in [1.82, 2.24) is 4.90 Å². The zero-order valence-corrected chi connectivity index (χ0v) is 14.1. The van der Waals surface area contributed by atoms with Crippen molar-refractivity contribution in [2.24, 2.45) is 0 Å². The Morgan fingerprint density at radius 3 is 2.75 bits per heavy atom. The Bertz CT molecular complexity index is 682. The Hall–Kier alpha value is -2.63. The number of aryl methyl sites for hydroxylation is 1. The fraction of sp³-hybridized carbons (Fsp3) is 0.389. The van der Waals surface area contributed by atoms with Gasteiger partial charge in [0.15, 0.2) is 6.61 Å². The summed E-state index contributed by atoms with van der Waals surface area (Å²) in [6, 6.07) is 4.97. The van der Waals surface area contributed by atoms with Crippen LogP contribution in [0.25, 0.3) is 0 Å². The van der Waals surface area contributed by atoms with Gasteiger partial charge in [0.1, 0.15) is 0 Å². The number of carbonyl (C=O) groups is 3. The number of rotatable bonds is 6. The first-order valence-electron chi connectivity index (χ1n) is 7.92. The molecule has 2 amide bonds. The molecule has 1 N–H and O–H groups in total. The molecule has 6 nitrogen and oxygen atoms in total. The van der Waals surface area contributed by atoms with E-state index in [0.717, 1.165) is 16.8 Å². The zero-order valence-electron chi connectivity index (χ0n) is 14.1. The van der Waals surface area contributed by atoms with Gasteiger partial charge in [0.25, 0.3) is 5.91 Å². The van der Waals surface area contributed by atoms with Crippen LogP contribution in [0.2, 0.25) is 0 Å². The van der Waals surface area contributed by atoms with Crippen LogP contribution < -0.4 is 5.32 Å². The summed E-state index contributed by atoms with van der Waals surface area (Å²) in [5.74, 6) is -0.825. The van der Waals surface area contributed by atoms with Gasteiger partial charge in [-0.15, -0.1) is 0 Å². The number of amides is 2. The topological polar surface area (TPSA) is 75.7 Å². The highest BCUT2D eigenvalue weighted by Gasteiger charge is 2.19. The van der Waals surface area contributed by atoms with Crippen LogP contribution in [0.1, 0.15) is 36.2 Å². The second kappa shape index (κ2) is 7.77. The summed E-state index contributed by atoms with van der Waals surface area (Å²) in [4.78, 5) is 37.1. The summed E-state index contributed by atoms with van der Waals surface area (Å²) in [7, 11) is 0. The minimum atomic E-state index is -0.547. The molecular weight excluding hydrogens is 308 g/mol. The number of ether oxygens (including phenoxy) is 1. The van der Waals surface area contributed by atoms with Crippen LogP contribution in [0.4, 0.5) is 5.69 Å². The van der Waals surface area contributed by atoms with Gasteiger partial charge in [-0.1, -0.05) is 12.2 Å². The van der Waals surface area contributed by atoms with Gasteiger partial charge in [-0.2, -0.15) is 0 Å². The van der Waals surface area contributed by atoms with E-state index < -0.39 is 5.97 Å². The van der Waals surface area contributed by atoms with Crippen molar-refractivity contribution in [1.29, 1.82) is 0 Å². The maximum absolute atomic E-state index is 12.1. The molecule has 0 saturated carbocycles. The third-order valence-electron chi connectivity index (χ3n) is 3.76. The number of nitrogens with zero attached hydrogens (tertiary/aromatic N) is 1. The van der Waals surface area contributed by atoms with Gasteiger partial charge in [0.2, 0.25) is 5.91 Å². The minimum absolute atomic E-state index is 0.0272. The average Bonchev–Trinajstić information content (AvgIpc) is 2.56. The molecule has 6 heteroatoms. The maximum Gasteiger partial charge on any atom is 0.338 e. The Balaban J connectivity index is 1.96. The summed E-state index contributed by atoms with van der Waals surface area (Å²) < 4.78 is 5.12. The number of hydrogen-bond acceptors (Lipinski definition) is 4. The lowest BCUT2D eigenvalue weighted by Gasteiger charge is -2.21. The van der Waals surface area contributed by atoms with E-state index in [9.17, 15) is 14.4 Å². The number of nitrogens with one attached hydrogen (secondary N) is 1. The van der Waals surface area contributed by atoms with Crippen LogP contribution in [0.5, 0.6) is 0 Å². The van der Waals surface area contributed by atoms with E-state index in [1.165, 1.54) is 0 Å². The molecule has 0 radical (unpaired) electrons. The Morgan fingerprint density at radius 1 is 1.33 bits per heavy atom. The summed E-state index contributed by atoms with van der Waals surface area (Å²) >= 11 is 0. The van der Waals surface area contributed by atoms with Gasteiger partial charge in [-0.25, -0.2) is 4.79 Å². The summed E-state index contributed by atoms with van der Waals surface area (Å²) in [6.07, 6.45) is 0.986. The van der Waals surface area contributed by atoms with Gasteiger partial charge in [0, 0.05) is 25.2 Å². The first kappa shape index (κ1) is 17.7. The van der Waals surface area contributed by atoms with Crippen molar-refractivity contribution in [2.75, 3.05) is 25.0 Å². The molecule has 0 spiro atoms. The fourth-order valence-electron chi connectivity index (χ4n) is 2.51. The Kier molecular flexibility index (Phi) is 5.73. The first-order valence-corrected chi connectivity index (χ1v) is 7.92. The standard InChI is InChI=1S/C18H22N2O4/c1-4-20(10-12(2)3)17(22)11-24-18(23)14-5-7-15-13(9-14)6-8-16(21)19-15/h5,7,9H,2,4,6,8,10-11H2,1,3H3,(H,19,21). The van der Waals surface area contributed by atoms with Crippen LogP contribution in [0, 0.1) is 0 Å². The Morgan fingerprint density at radius 2 is 2.08 bits per heavy atom. The molecule has 0 unspecified atom stereocenters. The molecule has 24 heavy (non-hydrogen) atoms. The number of hydrogen-bond donors (Lipinski definition) is 1. The molecule has 0 bridgehead atoms. The molecule has 1 aromatic rings. The van der Waals surface area contributed by atoms with E-state index in [1.807, 2.05) is 13.8 Å².